The molecule has 8 rings (SSSR count). The summed E-state index contributed by atoms with van der Waals surface area (Å²) in [6, 6.07) is 11.9. The molecule has 0 saturated carbocycles. The molecule has 18 nitrogen and oxygen atoms in total. The molecule has 0 aliphatic carbocycles. The van der Waals surface area contributed by atoms with Crippen molar-refractivity contribution in [2.24, 2.45) is 0 Å². The van der Waals surface area contributed by atoms with Crippen LogP contribution in [-0.2, 0) is 30.3 Å². The summed E-state index contributed by atoms with van der Waals surface area (Å²) in [7, 11) is 0. The van der Waals surface area contributed by atoms with Gasteiger partial charge in [0.1, 0.15) is 83.1 Å². The monoisotopic (exact) mass is 754 g/mol. The van der Waals surface area contributed by atoms with Crippen molar-refractivity contribution >= 4 is 16.8 Å². The highest BCUT2D eigenvalue weighted by Crippen LogP contribution is 2.68. The standard InChI is InChI=1S/C36H34O18/c1-13-24(40)27(43)29(45)33(50-13)49-12-22-26(42)28(44)30(46)34(52-22)51-21-11-48-31-17(25(21)41)3-2-4-18(31)35-32(47)23-19(39)9-16(38)10-20(23)53-36(35,54-35)14-5-7-15(37)8-6-14/h2-11,13,22,24,26-30,33-34,37-40,42-46H,12H2,1H3/t13-,22+,24-,26+,27+,28-,29+,30+,33+,34+,35-,36-/m0/s1. The molecule has 4 aliphatic heterocycles. The van der Waals surface area contributed by atoms with Gasteiger partial charge < -0.3 is 78.8 Å². The number of aliphatic hydroxyl groups is 6. The van der Waals surface area contributed by atoms with Gasteiger partial charge >= 0.3 is 0 Å². The molecule has 12 atom stereocenters. The van der Waals surface area contributed by atoms with Crippen molar-refractivity contribution in [3.8, 4) is 28.7 Å². The normalized spacial score (nSPS) is 35.9. The Bertz CT molecular complexity index is 2170. The van der Waals surface area contributed by atoms with Crippen LogP contribution in [0.4, 0.5) is 0 Å². The number of carbonyl (C=O) groups is 1. The van der Waals surface area contributed by atoms with Crippen molar-refractivity contribution in [2.75, 3.05) is 6.61 Å². The number of benzene rings is 3. The SMILES string of the molecule is C[C@@H]1O[C@@H](OC[C@H]2O[C@@H](Oc3coc4c([C@@]56O[C@]5(c5ccc(O)cc5)Oc5cc(O)cc(O)c5C6=O)cccc4c3=O)[C@H](O)[C@@H](O)[C@@H]2O)[C@H](O)[C@H](O)[C@H]1O. The number of rotatable bonds is 7. The third-order valence-electron chi connectivity index (χ3n) is 10.1. The highest BCUT2D eigenvalue weighted by atomic mass is 16.8. The number of hydrogen-bond acceptors (Lipinski definition) is 18. The molecule has 3 fully saturated rings. The van der Waals surface area contributed by atoms with E-state index in [0.29, 0.717) is 0 Å². The fourth-order valence-corrected chi connectivity index (χ4v) is 7.18. The molecule has 9 N–H and O–H groups in total. The number of ketones is 1. The predicted molar refractivity (Wildman–Crippen MR) is 175 cm³/mol. The first kappa shape index (κ1) is 36.1. The number of aliphatic hydroxyl groups excluding tert-OH is 6. The quantitative estimate of drug-likeness (QED) is 0.105. The van der Waals surface area contributed by atoms with Gasteiger partial charge in [0.15, 0.2) is 6.29 Å². The van der Waals surface area contributed by atoms with Gasteiger partial charge in [0.25, 0.3) is 5.79 Å². The molecular weight excluding hydrogens is 720 g/mol. The Labute approximate surface area is 303 Å². The zero-order valence-corrected chi connectivity index (χ0v) is 28.0. The molecule has 0 spiro atoms. The minimum atomic E-state index is -2.05. The molecule has 1 aromatic heterocycles. The van der Waals surface area contributed by atoms with Gasteiger partial charge in [0.2, 0.25) is 28.9 Å². The van der Waals surface area contributed by atoms with Crippen molar-refractivity contribution in [1.82, 2.24) is 0 Å². The van der Waals surface area contributed by atoms with Gasteiger partial charge in [0.05, 0.1) is 18.1 Å². The lowest BCUT2D eigenvalue weighted by Crippen LogP contribution is -2.61. The van der Waals surface area contributed by atoms with E-state index in [0.717, 1.165) is 18.4 Å². The van der Waals surface area contributed by atoms with E-state index in [1.54, 1.807) is 0 Å². The molecule has 3 aromatic carbocycles. The van der Waals surface area contributed by atoms with Gasteiger partial charge in [-0.15, -0.1) is 0 Å². The topological polar surface area (TPSA) is 288 Å². The molecule has 4 aliphatic rings. The number of phenols is 3. The number of hydrogen-bond donors (Lipinski definition) is 9. The molecule has 3 saturated heterocycles. The largest absolute Gasteiger partial charge is 0.508 e. The molecule has 54 heavy (non-hydrogen) atoms. The third kappa shape index (κ3) is 5.34. The number of aromatic hydroxyl groups is 3. The average Bonchev–Trinajstić information content (AvgIpc) is 3.84. The van der Waals surface area contributed by atoms with Crippen LogP contribution in [0.5, 0.6) is 28.7 Å². The van der Waals surface area contributed by atoms with Crippen molar-refractivity contribution in [3.05, 3.63) is 87.8 Å². The maximum atomic E-state index is 14.4. The van der Waals surface area contributed by atoms with Crippen molar-refractivity contribution in [2.45, 2.75) is 79.7 Å². The van der Waals surface area contributed by atoms with E-state index in [1.807, 2.05) is 0 Å². The van der Waals surface area contributed by atoms with E-state index < -0.39 is 108 Å². The number of para-hydroxylation sites is 1. The molecule has 286 valence electrons. The number of ether oxygens (including phenoxy) is 6. The number of epoxide rings is 1. The molecular formula is C36H34O18. The van der Waals surface area contributed by atoms with Crippen molar-refractivity contribution in [3.63, 3.8) is 0 Å². The summed E-state index contributed by atoms with van der Waals surface area (Å²) in [5.41, 5.74) is -3.09. The van der Waals surface area contributed by atoms with Gasteiger partial charge in [-0.25, -0.2) is 0 Å². The van der Waals surface area contributed by atoms with Gasteiger partial charge in [-0.1, -0.05) is 12.1 Å². The first-order valence-corrected chi connectivity index (χ1v) is 16.7. The maximum Gasteiger partial charge on any atom is 0.280 e. The minimum Gasteiger partial charge on any atom is -0.508 e. The van der Waals surface area contributed by atoms with Gasteiger partial charge in [-0.2, -0.15) is 0 Å². The Kier molecular flexibility index (Phi) is 8.62. The van der Waals surface area contributed by atoms with Crippen molar-refractivity contribution < 1.29 is 83.6 Å². The lowest BCUT2D eigenvalue weighted by atomic mass is 9.80. The van der Waals surface area contributed by atoms with E-state index in [-0.39, 0.29) is 39.2 Å². The van der Waals surface area contributed by atoms with E-state index >= 15 is 0 Å². The maximum absolute atomic E-state index is 14.4. The Morgan fingerprint density at radius 1 is 0.778 bits per heavy atom. The van der Waals surface area contributed by atoms with Crippen LogP contribution >= 0.6 is 0 Å². The summed E-state index contributed by atoms with van der Waals surface area (Å²) in [6.45, 7) is 0.863. The number of phenolic OH excluding ortho intramolecular Hbond substituents is 3. The molecule has 5 heterocycles. The van der Waals surface area contributed by atoms with E-state index in [2.05, 4.69) is 0 Å². The zero-order valence-electron chi connectivity index (χ0n) is 28.0. The van der Waals surface area contributed by atoms with Crippen LogP contribution < -0.4 is 14.9 Å². The van der Waals surface area contributed by atoms with Crippen LogP contribution in [0.3, 0.4) is 0 Å². The van der Waals surface area contributed by atoms with Crippen LogP contribution in [-0.4, -0.2) is 120 Å². The Balaban J connectivity index is 1.11. The lowest BCUT2D eigenvalue weighted by molar-refractivity contribution is -0.318. The summed E-state index contributed by atoms with van der Waals surface area (Å²) in [5.74, 6) is -4.50. The Morgan fingerprint density at radius 3 is 2.22 bits per heavy atom. The summed E-state index contributed by atoms with van der Waals surface area (Å²) in [4.78, 5) is 28.3. The molecule has 0 unspecified atom stereocenters. The fraction of sp³-hybridized carbons (Fsp3) is 0.389. The lowest BCUT2D eigenvalue weighted by Gasteiger charge is -2.42. The Hall–Kier alpha value is -4.86. The van der Waals surface area contributed by atoms with E-state index in [1.165, 1.54) is 49.4 Å². The zero-order chi connectivity index (χ0) is 38.4. The summed E-state index contributed by atoms with van der Waals surface area (Å²) in [5, 5.41) is 92.9. The van der Waals surface area contributed by atoms with Crippen molar-refractivity contribution in [1.29, 1.82) is 0 Å². The summed E-state index contributed by atoms with van der Waals surface area (Å²) >= 11 is 0. The Morgan fingerprint density at radius 2 is 1.48 bits per heavy atom. The smallest absolute Gasteiger partial charge is 0.280 e. The number of Topliss-reactive ketones (excluding diaryl/α,β-unsaturated/α-hetero) is 1. The first-order chi connectivity index (χ1) is 25.7. The second-order valence-corrected chi connectivity index (χ2v) is 13.5. The third-order valence-corrected chi connectivity index (χ3v) is 10.1. The molecule has 0 bridgehead atoms. The van der Waals surface area contributed by atoms with E-state index in [4.69, 9.17) is 32.8 Å². The molecule has 0 radical (unpaired) electrons. The van der Waals surface area contributed by atoms with Crippen LogP contribution in [0.2, 0.25) is 0 Å². The van der Waals surface area contributed by atoms with E-state index in [9.17, 15) is 55.5 Å². The van der Waals surface area contributed by atoms with Crippen LogP contribution in [0.15, 0.2) is 70.1 Å². The van der Waals surface area contributed by atoms with Crippen LogP contribution in [0.1, 0.15) is 28.4 Å². The predicted octanol–water partition coefficient (Wildman–Crippen LogP) is -0.706. The van der Waals surface area contributed by atoms with Gasteiger partial charge in [0, 0.05) is 23.3 Å². The minimum absolute atomic E-state index is 0.00336. The number of carbonyl (C=O) groups excluding carboxylic acids is 1. The highest BCUT2D eigenvalue weighted by molar-refractivity contribution is 6.12. The summed E-state index contributed by atoms with van der Waals surface area (Å²) < 4.78 is 40.5. The average molecular weight is 755 g/mol. The summed E-state index contributed by atoms with van der Waals surface area (Å²) in [6.07, 6.45) is -15.0. The first-order valence-electron chi connectivity index (χ1n) is 16.7. The molecule has 0 amide bonds. The highest BCUT2D eigenvalue weighted by Gasteiger charge is 2.82. The van der Waals surface area contributed by atoms with Gasteiger partial charge in [-0.3, -0.25) is 9.59 Å². The molecule has 18 heteroatoms. The fourth-order valence-electron chi connectivity index (χ4n) is 7.18. The second kappa shape index (κ2) is 12.9. The molecule has 4 aromatic rings. The number of fused-ring (bicyclic) bond motifs is 3. The second-order valence-electron chi connectivity index (χ2n) is 13.5. The van der Waals surface area contributed by atoms with Gasteiger partial charge in [-0.05, 0) is 37.3 Å². The van der Waals surface area contributed by atoms with Crippen LogP contribution in [0.25, 0.3) is 11.0 Å². The van der Waals surface area contributed by atoms with Crippen LogP contribution in [0, 0.1) is 0 Å².